The number of carbonyl (C=O) groups is 1. The molecule has 1 aromatic heterocycles. The van der Waals surface area contributed by atoms with E-state index in [2.05, 4.69) is 16.0 Å². The Labute approximate surface area is 101 Å². The Bertz CT molecular complexity index is 561. The van der Waals surface area contributed by atoms with Crippen molar-refractivity contribution in [1.82, 2.24) is 4.98 Å². The molecule has 0 fully saturated rings. The Hall–Kier alpha value is -1.90. The number of aromatic nitrogens is 1. The van der Waals surface area contributed by atoms with Gasteiger partial charge in [0.25, 0.3) is 0 Å². The molecule has 0 saturated heterocycles. The standard InChI is InChI=1S/C14H16N2O/c1-10(17)8-12-5-4-11-9-13(16(2)3)6-7-14(11)15-12/h4-7,9H,8H2,1-3H3. The number of hydrogen-bond acceptors (Lipinski definition) is 3. The zero-order valence-corrected chi connectivity index (χ0v) is 10.4. The summed E-state index contributed by atoms with van der Waals surface area (Å²) in [4.78, 5) is 17.6. The maximum absolute atomic E-state index is 11.0. The SMILES string of the molecule is CC(=O)Cc1ccc2cc(N(C)C)ccc2n1. The molecule has 0 radical (unpaired) electrons. The van der Waals surface area contributed by atoms with Crippen molar-refractivity contribution >= 4 is 22.4 Å². The van der Waals surface area contributed by atoms with Crippen molar-refractivity contribution in [2.75, 3.05) is 19.0 Å². The van der Waals surface area contributed by atoms with E-state index in [1.165, 1.54) is 0 Å². The minimum atomic E-state index is 0.141. The molecule has 0 atom stereocenters. The maximum atomic E-state index is 11.0. The summed E-state index contributed by atoms with van der Waals surface area (Å²) in [7, 11) is 4.03. The second-order valence-electron chi connectivity index (χ2n) is 4.45. The van der Waals surface area contributed by atoms with Gasteiger partial charge >= 0.3 is 0 Å². The lowest BCUT2D eigenvalue weighted by atomic mass is 10.1. The number of Topliss-reactive ketones (excluding diaryl/α,β-unsaturated/α-hetero) is 1. The molecule has 2 aromatic rings. The summed E-state index contributed by atoms with van der Waals surface area (Å²) in [6.45, 7) is 1.58. The molecule has 0 spiro atoms. The van der Waals surface area contributed by atoms with Crippen molar-refractivity contribution in [3.63, 3.8) is 0 Å². The van der Waals surface area contributed by atoms with E-state index in [0.717, 1.165) is 22.3 Å². The number of pyridine rings is 1. The lowest BCUT2D eigenvalue weighted by Crippen LogP contribution is -2.08. The lowest BCUT2D eigenvalue weighted by Gasteiger charge is -2.12. The van der Waals surface area contributed by atoms with Crippen LogP contribution < -0.4 is 4.90 Å². The van der Waals surface area contributed by atoms with Crippen LogP contribution in [0.1, 0.15) is 12.6 Å². The number of fused-ring (bicyclic) bond motifs is 1. The van der Waals surface area contributed by atoms with E-state index in [9.17, 15) is 4.79 Å². The third-order valence-electron chi connectivity index (χ3n) is 2.68. The molecule has 0 amide bonds. The molecule has 1 aromatic carbocycles. The Morgan fingerprint density at radius 3 is 2.65 bits per heavy atom. The highest BCUT2D eigenvalue weighted by molar-refractivity contribution is 5.84. The summed E-state index contributed by atoms with van der Waals surface area (Å²) in [6, 6.07) is 10.1. The van der Waals surface area contributed by atoms with Gasteiger partial charge in [0, 0.05) is 37.3 Å². The quantitative estimate of drug-likeness (QED) is 0.809. The third kappa shape index (κ3) is 2.61. The number of carbonyl (C=O) groups excluding carboxylic acids is 1. The van der Waals surface area contributed by atoms with Crippen LogP contribution in [0.4, 0.5) is 5.69 Å². The van der Waals surface area contributed by atoms with E-state index >= 15 is 0 Å². The number of nitrogens with zero attached hydrogens (tertiary/aromatic N) is 2. The number of ketones is 1. The van der Waals surface area contributed by atoms with Gasteiger partial charge in [-0.25, -0.2) is 0 Å². The zero-order valence-electron chi connectivity index (χ0n) is 10.4. The summed E-state index contributed by atoms with van der Waals surface area (Å²) < 4.78 is 0. The Kier molecular flexibility index (Phi) is 3.09. The van der Waals surface area contributed by atoms with Crippen molar-refractivity contribution < 1.29 is 4.79 Å². The number of rotatable bonds is 3. The van der Waals surface area contributed by atoms with Crippen LogP contribution in [0.3, 0.4) is 0 Å². The van der Waals surface area contributed by atoms with Gasteiger partial charge in [-0.05, 0) is 31.2 Å². The molecule has 88 valence electrons. The second-order valence-corrected chi connectivity index (χ2v) is 4.45. The number of hydrogen-bond donors (Lipinski definition) is 0. The molecule has 0 aliphatic carbocycles. The molecule has 0 unspecified atom stereocenters. The Balaban J connectivity index is 2.43. The first-order chi connectivity index (χ1) is 8.06. The van der Waals surface area contributed by atoms with Gasteiger partial charge in [-0.15, -0.1) is 0 Å². The molecule has 3 heteroatoms. The van der Waals surface area contributed by atoms with Crippen molar-refractivity contribution in [2.45, 2.75) is 13.3 Å². The predicted molar refractivity (Wildman–Crippen MR) is 70.5 cm³/mol. The summed E-state index contributed by atoms with van der Waals surface area (Å²) in [5.41, 5.74) is 2.93. The minimum absolute atomic E-state index is 0.141. The van der Waals surface area contributed by atoms with Crippen LogP contribution in [0, 0.1) is 0 Å². The summed E-state index contributed by atoms with van der Waals surface area (Å²) in [5, 5.41) is 1.10. The number of benzene rings is 1. The molecule has 0 saturated carbocycles. The molecular formula is C14H16N2O. The highest BCUT2D eigenvalue weighted by Gasteiger charge is 2.03. The highest BCUT2D eigenvalue weighted by atomic mass is 16.1. The average molecular weight is 228 g/mol. The van der Waals surface area contributed by atoms with E-state index < -0.39 is 0 Å². The summed E-state index contributed by atoms with van der Waals surface area (Å²) in [6.07, 6.45) is 0.408. The summed E-state index contributed by atoms with van der Waals surface area (Å²) in [5.74, 6) is 0.141. The largest absolute Gasteiger partial charge is 0.378 e. The maximum Gasteiger partial charge on any atom is 0.135 e. The van der Waals surface area contributed by atoms with Gasteiger partial charge in [0.15, 0.2) is 0 Å². The lowest BCUT2D eigenvalue weighted by molar-refractivity contribution is -0.116. The smallest absolute Gasteiger partial charge is 0.135 e. The molecule has 2 rings (SSSR count). The molecule has 0 aliphatic rings. The van der Waals surface area contributed by atoms with Crippen molar-refractivity contribution in [3.05, 3.63) is 36.0 Å². The van der Waals surface area contributed by atoms with E-state index in [0.29, 0.717) is 6.42 Å². The van der Waals surface area contributed by atoms with Crippen molar-refractivity contribution in [2.24, 2.45) is 0 Å². The van der Waals surface area contributed by atoms with Gasteiger partial charge in [0.1, 0.15) is 5.78 Å². The second kappa shape index (κ2) is 4.53. The van der Waals surface area contributed by atoms with Crippen molar-refractivity contribution in [1.29, 1.82) is 0 Å². The Morgan fingerprint density at radius 2 is 2.00 bits per heavy atom. The van der Waals surface area contributed by atoms with Gasteiger partial charge in [-0.2, -0.15) is 0 Å². The van der Waals surface area contributed by atoms with Crippen LogP contribution in [0.5, 0.6) is 0 Å². The van der Waals surface area contributed by atoms with E-state index in [1.54, 1.807) is 6.92 Å². The van der Waals surface area contributed by atoms with Crippen LogP contribution in [0.15, 0.2) is 30.3 Å². The molecule has 1 heterocycles. The predicted octanol–water partition coefficient (Wildman–Crippen LogP) is 2.43. The van der Waals surface area contributed by atoms with Gasteiger partial charge in [0.05, 0.1) is 5.52 Å². The highest BCUT2D eigenvalue weighted by Crippen LogP contribution is 2.20. The van der Waals surface area contributed by atoms with Crippen LogP contribution >= 0.6 is 0 Å². The third-order valence-corrected chi connectivity index (χ3v) is 2.68. The average Bonchev–Trinajstić information content (AvgIpc) is 2.27. The fourth-order valence-corrected chi connectivity index (χ4v) is 1.79. The molecule has 0 bridgehead atoms. The van der Waals surface area contributed by atoms with Gasteiger partial charge in [-0.1, -0.05) is 6.07 Å². The van der Waals surface area contributed by atoms with Crippen LogP contribution in [-0.2, 0) is 11.2 Å². The van der Waals surface area contributed by atoms with E-state index in [1.807, 2.05) is 38.4 Å². The van der Waals surface area contributed by atoms with Crippen LogP contribution in [0.25, 0.3) is 10.9 Å². The Morgan fingerprint density at radius 1 is 1.24 bits per heavy atom. The van der Waals surface area contributed by atoms with Gasteiger partial charge in [-0.3, -0.25) is 9.78 Å². The van der Waals surface area contributed by atoms with Crippen LogP contribution in [-0.4, -0.2) is 24.9 Å². The monoisotopic (exact) mass is 228 g/mol. The van der Waals surface area contributed by atoms with Gasteiger partial charge in [0.2, 0.25) is 0 Å². The fraction of sp³-hybridized carbons (Fsp3) is 0.286. The first kappa shape index (κ1) is 11.6. The first-order valence-corrected chi connectivity index (χ1v) is 5.63. The molecule has 17 heavy (non-hydrogen) atoms. The molecule has 3 nitrogen and oxygen atoms in total. The fourth-order valence-electron chi connectivity index (χ4n) is 1.79. The molecular weight excluding hydrogens is 212 g/mol. The van der Waals surface area contributed by atoms with E-state index in [4.69, 9.17) is 0 Å². The topological polar surface area (TPSA) is 33.2 Å². The summed E-state index contributed by atoms with van der Waals surface area (Å²) >= 11 is 0. The first-order valence-electron chi connectivity index (χ1n) is 5.63. The van der Waals surface area contributed by atoms with Crippen LogP contribution in [0.2, 0.25) is 0 Å². The zero-order chi connectivity index (χ0) is 12.4. The molecule has 0 N–H and O–H groups in total. The number of anilines is 1. The normalized spacial score (nSPS) is 10.5. The van der Waals surface area contributed by atoms with Crippen molar-refractivity contribution in [3.8, 4) is 0 Å². The van der Waals surface area contributed by atoms with E-state index in [-0.39, 0.29) is 5.78 Å². The minimum Gasteiger partial charge on any atom is -0.378 e. The molecule has 0 aliphatic heterocycles. The van der Waals surface area contributed by atoms with Gasteiger partial charge < -0.3 is 4.90 Å².